The molecule has 1 fully saturated rings. The molecule has 0 aliphatic carbocycles. The molecule has 9 N–H and O–H groups in total. The fourth-order valence-corrected chi connectivity index (χ4v) is 5.18. The molecule has 0 spiro atoms. The van der Waals surface area contributed by atoms with Crippen LogP contribution < -0.4 is 38.1 Å². The number of carbonyl (C=O) groups excluding carboxylic acids is 5. The average Bonchev–Trinajstić information content (AvgIpc) is 3.02. The van der Waals surface area contributed by atoms with Gasteiger partial charge in [-0.3, -0.25) is 29.0 Å². The summed E-state index contributed by atoms with van der Waals surface area (Å²) in [6.07, 6.45) is 6.29. The van der Waals surface area contributed by atoms with Crippen molar-refractivity contribution in [2.24, 2.45) is 22.4 Å². The number of nitrogens with two attached hydrogens (primary N) is 2. The number of amides is 5. The van der Waals surface area contributed by atoms with Crippen LogP contribution in [-0.2, 0) is 24.0 Å². The summed E-state index contributed by atoms with van der Waals surface area (Å²) < 4.78 is 0. The lowest BCUT2D eigenvalue weighted by Crippen LogP contribution is -2.62. The Hall–Kier alpha value is -4.16. The van der Waals surface area contributed by atoms with E-state index in [4.69, 9.17) is 11.5 Å². The highest BCUT2D eigenvalue weighted by atomic mass is 16.2. The number of benzene rings is 1. The minimum absolute atomic E-state index is 0.0894. The van der Waals surface area contributed by atoms with E-state index in [0.717, 1.165) is 32.1 Å². The molecule has 13 nitrogen and oxygen atoms in total. The van der Waals surface area contributed by atoms with Gasteiger partial charge in [-0.05, 0) is 44.6 Å². The van der Waals surface area contributed by atoms with Crippen LogP contribution in [0.3, 0.4) is 0 Å². The maximum Gasteiger partial charge on any atom is 0.247 e. The maximum atomic E-state index is 13.8. The molecule has 5 amide bonds. The van der Waals surface area contributed by atoms with Crippen molar-refractivity contribution < 1.29 is 24.0 Å². The van der Waals surface area contributed by atoms with E-state index in [1.165, 1.54) is 0 Å². The summed E-state index contributed by atoms with van der Waals surface area (Å²) in [5.41, 5.74) is 10.3. The van der Waals surface area contributed by atoms with Crippen LogP contribution in [0.15, 0.2) is 35.3 Å². The topological polar surface area (TPSA) is 210 Å². The molecule has 1 aliphatic heterocycles. The lowest BCUT2D eigenvalue weighted by atomic mass is 9.91. The Morgan fingerprint density at radius 2 is 1.54 bits per heavy atom. The predicted octanol–water partition coefficient (Wildman–Crippen LogP) is 1.67. The van der Waals surface area contributed by atoms with Crippen molar-refractivity contribution in [2.45, 2.75) is 116 Å². The minimum Gasteiger partial charge on any atom is -0.370 e. The molecule has 0 saturated carbocycles. The standard InChI is InChI=1S/C33H54N8O5/c1-5-24-28(43)40-26(23-16-11-10-12-17-23)30(45)36-20-14-9-7-6-8-13-19-33(4,41-27(42)22(2)3)31(46)39-25(29(44)38-24)18-15-21-37-32(34)35/h10-12,16-17,22,24-26H,5-9,13-15,18-21H2,1-4H3,(H,36,45)(H,38,44)(H,39,46)(H,40,43)(H,41,42)(H4,34,35,37)/t24-,25?,26+,33+/m0/s1. The number of hydrogen-bond acceptors (Lipinski definition) is 6. The average molecular weight is 643 g/mol. The molecule has 4 atom stereocenters. The highest BCUT2D eigenvalue weighted by molar-refractivity contribution is 5.97. The number of nitrogens with zero attached hydrogens (tertiary/aromatic N) is 1. The van der Waals surface area contributed by atoms with Gasteiger partial charge in [-0.1, -0.05) is 83.2 Å². The largest absolute Gasteiger partial charge is 0.370 e. The summed E-state index contributed by atoms with van der Waals surface area (Å²) in [6, 6.07) is 5.95. The van der Waals surface area contributed by atoms with Crippen molar-refractivity contribution in [2.75, 3.05) is 13.1 Å². The number of hydrogen-bond donors (Lipinski definition) is 7. The first-order chi connectivity index (χ1) is 21.9. The zero-order valence-corrected chi connectivity index (χ0v) is 27.8. The van der Waals surface area contributed by atoms with E-state index in [2.05, 4.69) is 31.6 Å². The van der Waals surface area contributed by atoms with Gasteiger partial charge >= 0.3 is 0 Å². The van der Waals surface area contributed by atoms with Crippen molar-refractivity contribution >= 4 is 35.5 Å². The van der Waals surface area contributed by atoms with E-state index in [9.17, 15) is 24.0 Å². The second kappa shape index (κ2) is 19.4. The Morgan fingerprint density at radius 3 is 2.17 bits per heavy atom. The van der Waals surface area contributed by atoms with Gasteiger partial charge in [-0.2, -0.15) is 0 Å². The monoisotopic (exact) mass is 642 g/mol. The van der Waals surface area contributed by atoms with Crippen LogP contribution in [0.4, 0.5) is 0 Å². The Bertz CT molecular complexity index is 1190. The van der Waals surface area contributed by atoms with Crippen LogP contribution in [0.5, 0.6) is 0 Å². The molecule has 46 heavy (non-hydrogen) atoms. The van der Waals surface area contributed by atoms with Gasteiger partial charge in [-0.15, -0.1) is 0 Å². The molecule has 1 aliphatic rings. The molecule has 13 heteroatoms. The summed E-state index contributed by atoms with van der Waals surface area (Å²) in [4.78, 5) is 71.0. The quantitative estimate of drug-likeness (QED) is 0.127. The van der Waals surface area contributed by atoms with Crippen LogP contribution in [0, 0.1) is 5.92 Å². The number of rotatable bonds is 8. The van der Waals surface area contributed by atoms with Crippen molar-refractivity contribution in [1.82, 2.24) is 26.6 Å². The molecule has 0 aromatic heterocycles. The minimum atomic E-state index is -1.25. The summed E-state index contributed by atoms with van der Waals surface area (Å²) in [7, 11) is 0. The van der Waals surface area contributed by atoms with E-state index in [0.29, 0.717) is 31.4 Å². The molecule has 1 unspecified atom stereocenters. The third-order valence-corrected chi connectivity index (χ3v) is 8.12. The first kappa shape index (κ1) is 38.0. The zero-order valence-electron chi connectivity index (χ0n) is 27.8. The highest BCUT2D eigenvalue weighted by Gasteiger charge is 2.38. The molecular formula is C33H54N8O5. The number of guanidine groups is 1. The first-order valence-electron chi connectivity index (χ1n) is 16.5. The van der Waals surface area contributed by atoms with Gasteiger partial charge in [0.2, 0.25) is 29.5 Å². The lowest BCUT2D eigenvalue weighted by Gasteiger charge is -2.33. The summed E-state index contributed by atoms with van der Waals surface area (Å²) in [5.74, 6) is -2.62. The van der Waals surface area contributed by atoms with Gasteiger partial charge in [0.15, 0.2) is 5.96 Å². The van der Waals surface area contributed by atoms with Crippen molar-refractivity contribution in [3.63, 3.8) is 0 Å². The number of nitrogens with one attached hydrogen (secondary N) is 5. The van der Waals surface area contributed by atoms with Crippen LogP contribution in [0.2, 0.25) is 0 Å². The van der Waals surface area contributed by atoms with Gasteiger partial charge in [0.1, 0.15) is 23.7 Å². The van der Waals surface area contributed by atoms with E-state index in [1.54, 1.807) is 52.0 Å². The third-order valence-electron chi connectivity index (χ3n) is 8.12. The smallest absolute Gasteiger partial charge is 0.247 e. The second-order valence-electron chi connectivity index (χ2n) is 12.4. The van der Waals surface area contributed by atoms with E-state index in [1.807, 2.05) is 6.07 Å². The Labute approximate surface area is 272 Å². The summed E-state index contributed by atoms with van der Waals surface area (Å²) in [6.45, 7) is 7.62. The molecule has 1 aromatic carbocycles. The van der Waals surface area contributed by atoms with E-state index >= 15 is 0 Å². The Kier molecular flexibility index (Phi) is 16.0. The van der Waals surface area contributed by atoms with Crippen LogP contribution in [-0.4, -0.2) is 66.2 Å². The molecular weight excluding hydrogens is 588 g/mol. The first-order valence-corrected chi connectivity index (χ1v) is 16.5. The highest BCUT2D eigenvalue weighted by Crippen LogP contribution is 2.19. The molecule has 0 bridgehead atoms. The van der Waals surface area contributed by atoms with Crippen molar-refractivity contribution in [3.05, 3.63) is 35.9 Å². The predicted molar refractivity (Wildman–Crippen MR) is 178 cm³/mol. The normalized spacial score (nSPS) is 24.5. The molecule has 0 radical (unpaired) electrons. The van der Waals surface area contributed by atoms with Gasteiger partial charge in [0.25, 0.3) is 0 Å². The van der Waals surface area contributed by atoms with Crippen LogP contribution in [0.25, 0.3) is 0 Å². The second-order valence-corrected chi connectivity index (χ2v) is 12.4. The zero-order chi connectivity index (χ0) is 34.1. The molecule has 256 valence electrons. The lowest BCUT2D eigenvalue weighted by molar-refractivity contribution is -0.137. The third kappa shape index (κ3) is 12.7. The molecule has 1 heterocycles. The van der Waals surface area contributed by atoms with Crippen LogP contribution in [0.1, 0.15) is 104 Å². The van der Waals surface area contributed by atoms with Gasteiger partial charge in [0, 0.05) is 19.0 Å². The maximum absolute atomic E-state index is 13.8. The fourth-order valence-electron chi connectivity index (χ4n) is 5.18. The number of carbonyl (C=O) groups is 5. The van der Waals surface area contributed by atoms with Gasteiger partial charge < -0.3 is 38.1 Å². The van der Waals surface area contributed by atoms with Crippen molar-refractivity contribution in [3.8, 4) is 0 Å². The van der Waals surface area contributed by atoms with E-state index in [-0.39, 0.29) is 43.1 Å². The van der Waals surface area contributed by atoms with E-state index < -0.39 is 41.4 Å². The molecule has 1 aromatic rings. The Balaban J connectivity index is 2.39. The molecule has 2 rings (SSSR count). The van der Waals surface area contributed by atoms with Crippen molar-refractivity contribution in [1.29, 1.82) is 0 Å². The molecule has 1 saturated heterocycles. The number of aliphatic imine (C=N–C) groups is 1. The van der Waals surface area contributed by atoms with Gasteiger partial charge in [-0.25, -0.2) is 0 Å². The van der Waals surface area contributed by atoms with Crippen LogP contribution >= 0.6 is 0 Å². The SMILES string of the molecule is CC[C@@H]1NC(=O)C(CCCN=C(N)N)NC(=O)[C@](C)(NC(=O)C(C)C)CCCCCCCCNC(=O)[C@@H](c2ccccc2)NC1=O. The summed E-state index contributed by atoms with van der Waals surface area (Å²) >= 11 is 0. The Morgan fingerprint density at radius 1 is 0.913 bits per heavy atom. The van der Waals surface area contributed by atoms with Gasteiger partial charge in [0.05, 0.1) is 0 Å². The summed E-state index contributed by atoms with van der Waals surface area (Å²) in [5, 5.41) is 14.3. The fraction of sp³-hybridized carbons (Fsp3) is 0.636.